The van der Waals surface area contributed by atoms with E-state index in [0.717, 1.165) is 44.6 Å². The highest BCUT2D eigenvalue weighted by atomic mass is 35.5. The van der Waals surface area contributed by atoms with Gasteiger partial charge in [-0.25, -0.2) is 0 Å². The molecule has 1 aliphatic heterocycles. The van der Waals surface area contributed by atoms with Crippen LogP contribution in [0.2, 0.25) is 5.02 Å². The van der Waals surface area contributed by atoms with Gasteiger partial charge >= 0.3 is 0 Å². The largest absolute Gasteiger partial charge is 0.454 e. The zero-order valence-electron chi connectivity index (χ0n) is 23.1. The van der Waals surface area contributed by atoms with Crippen LogP contribution in [0.25, 0.3) is 44.3 Å². The van der Waals surface area contributed by atoms with E-state index < -0.39 is 5.41 Å². The minimum atomic E-state index is -0.564. The predicted molar refractivity (Wildman–Crippen MR) is 175 cm³/mol. The Morgan fingerprint density at radius 2 is 1.12 bits per heavy atom. The van der Waals surface area contributed by atoms with Crippen molar-refractivity contribution in [2.75, 3.05) is 0 Å². The molecule has 1 aliphatic carbocycles. The third-order valence-electron chi connectivity index (χ3n) is 9.07. The Balaban J connectivity index is 1.33. The molecule has 0 N–H and O–H groups in total. The van der Waals surface area contributed by atoms with Crippen LogP contribution in [0.5, 0.6) is 11.5 Å². The molecule has 2 nitrogen and oxygen atoms in total. The summed E-state index contributed by atoms with van der Waals surface area (Å²) in [6.07, 6.45) is 1.88. The van der Waals surface area contributed by atoms with E-state index >= 15 is 0 Å². The van der Waals surface area contributed by atoms with E-state index in [9.17, 15) is 0 Å². The lowest BCUT2D eigenvalue weighted by molar-refractivity contribution is 0.438. The molecular formula is C40H24ClNO. The highest BCUT2D eigenvalue weighted by molar-refractivity contribution is 6.32. The van der Waals surface area contributed by atoms with Crippen molar-refractivity contribution < 1.29 is 4.74 Å². The summed E-state index contributed by atoms with van der Waals surface area (Å²) in [5.74, 6) is 1.54. The molecule has 0 bridgehead atoms. The van der Waals surface area contributed by atoms with Crippen molar-refractivity contribution in [1.82, 2.24) is 4.98 Å². The number of fused-ring (bicyclic) bond motifs is 10. The van der Waals surface area contributed by atoms with Crippen molar-refractivity contribution in [2.24, 2.45) is 0 Å². The highest BCUT2D eigenvalue weighted by Gasteiger charge is 2.51. The average molecular weight is 570 g/mol. The van der Waals surface area contributed by atoms with Gasteiger partial charge in [-0.3, -0.25) is 4.98 Å². The second-order valence-corrected chi connectivity index (χ2v) is 11.6. The summed E-state index contributed by atoms with van der Waals surface area (Å²) in [6, 6.07) is 49.2. The molecule has 1 aromatic heterocycles. The first kappa shape index (κ1) is 24.4. The van der Waals surface area contributed by atoms with Gasteiger partial charge in [0, 0.05) is 33.8 Å². The standard InChI is InChI=1S/C40H24ClNO/c41-36-21-9-20-35-39(36)43-38-29(26-11-7-12-27(24-26)37-28-13-2-1-10-25(28)22-23-42-37)16-8-19-34(38)40(35)32-17-5-3-14-30(32)31-15-4-6-18-33(31)40/h1-24H. The van der Waals surface area contributed by atoms with Crippen LogP contribution in [0.4, 0.5) is 0 Å². The molecule has 0 atom stereocenters. The molecule has 43 heavy (non-hydrogen) atoms. The Hall–Kier alpha value is -5.18. The molecule has 6 aromatic carbocycles. The van der Waals surface area contributed by atoms with E-state index in [2.05, 4.69) is 127 Å². The molecule has 7 aromatic rings. The molecule has 0 saturated carbocycles. The van der Waals surface area contributed by atoms with Gasteiger partial charge in [-0.05, 0) is 51.4 Å². The summed E-state index contributed by atoms with van der Waals surface area (Å²) >= 11 is 6.95. The summed E-state index contributed by atoms with van der Waals surface area (Å²) in [5.41, 5.74) is 10.7. The lowest BCUT2D eigenvalue weighted by Gasteiger charge is -2.40. The highest BCUT2D eigenvalue weighted by Crippen LogP contribution is 2.64. The summed E-state index contributed by atoms with van der Waals surface area (Å²) in [6.45, 7) is 0. The molecule has 3 heteroatoms. The maximum absolute atomic E-state index is 6.95. The van der Waals surface area contributed by atoms with Crippen LogP contribution in [0.3, 0.4) is 0 Å². The smallest absolute Gasteiger partial charge is 0.150 e. The number of rotatable bonds is 2. The lowest BCUT2D eigenvalue weighted by Crippen LogP contribution is -2.32. The van der Waals surface area contributed by atoms with Gasteiger partial charge < -0.3 is 4.74 Å². The van der Waals surface area contributed by atoms with E-state index in [1.165, 1.54) is 27.6 Å². The second-order valence-electron chi connectivity index (χ2n) is 11.2. The minimum Gasteiger partial charge on any atom is -0.454 e. The van der Waals surface area contributed by atoms with Gasteiger partial charge in [-0.15, -0.1) is 0 Å². The molecule has 0 unspecified atom stereocenters. The fourth-order valence-electron chi connectivity index (χ4n) is 7.32. The van der Waals surface area contributed by atoms with Crippen molar-refractivity contribution >= 4 is 22.4 Å². The van der Waals surface area contributed by atoms with E-state index in [4.69, 9.17) is 21.3 Å². The normalized spacial score (nSPS) is 13.6. The van der Waals surface area contributed by atoms with Crippen molar-refractivity contribution in [3.8, 4) is 45.0 Å². The van der Waals surface area contributed by atoms with Gasteiger partial charge in [0.2, 0.25) is 0 Å². The van der Waals surface area contributed by atoms with Crippen LogP contribution < -0.4 is 4.74 Å². The Bertz CT molecular complexity index is 2200. The number of para-hydroxylation sites is 2. The van der Waals surface area contributed by atoms with Crippen molar-refractivity contribution in [1.29, 1.82) is 0 Å². The maximum Gasteiger partial charge on any atom is 0.150 e. The first-order valence-corrected chi connectivity index (χ1v) is 14.9. The topological polar surface area (TPSA) is 22.1 Å². The molecule has 0 fully saturated rings. The van der Waals surface area contributed by atoms with Gasteiger partial charge in [0.1, 0.15) is 5.75 Å². The van der Waals surface area contributed by atoms with Crippen LogP contribution in [-0.2, 0) is 5.41 Å². The number of pyridine rings is 1. The van der Waals surface area contributed by atoms with Crippen molar-refractivity contribution in [2.45, 2.75) is 5.41 Å². The summed E-state index contributed by atoms with van der Waals surface area (Å²) < 4.78 is 6.88. The molecule has 0 radical (unpaired) electrons. The maximum atomic E-state index is 6.95. The number of hydrogen-bond acceptors (Lipinski definition) is 2. The Labute approximate surface area is 254 Å². The van der Waals surface area contributed by atoms with Gasteiger partial charge in [0.15, 0.2) is 5.75 Å². The van der Waals surface area contributed by atoms with E-state index in [-0.39, 0.29) is 0 Å². The van der Waals surface area contributed by atoms with Crippen molar-refractivity contribution in [3.63, 3.8) is 0 Å². The number of nitrogens with zero attached hydrogens (tertiary/aromatic N) is 1. The first-order valence-electron chi connectivity index (χ1n) is 14.5. The van der Waals surface area contributed by atoms with Gasteiger partial charge in [0.05, 0.1) is 16.1 Å². The first-order chi connectivity index (χ1) is 21.2. The molecule has 2 heterocycles. The molecule has 9 rings (SSSR count). The number of ether oxygens (including phenoxy) is 1. The van der Waals surface area contributed by atoms with Crippen LogP contribution in [0.15, 0.2) is 146 Å². The fraction of sp³-hybridized carbons (Fsp3) is 0.0250. The van der Waals surface area contributed by atoms with E-state index in [1.807, 2.05) is 18.3 Å². The van der Waals surface area contributed by atoms with Gasteiger partial charge in [-0.1, -0.05) is 133 Å². The van der Waals surface area contributed by atoms with E-state index in [0.29, 0.717) is 10.8 Å². The Morgan fingerprint density at radius 3 is 1.93 bits per heavy atom. The van der Waals surface area contributed by atoms with Crippen LogP contribution in [-0.4, -0.2) is 4.98 Å². The van der Waals surface area contributed by atoms with Crippen LogP contribution >= 0.6 is 11.6 Å². The molecule has 2 aliphatic rings. The molecule has 1 spiro atoms. The third-order valence-corrected chi connectivity index (χ3v) is 9.36. The quantitative estimate of drug-likeness (QED) is 0.206. The zero-order valence-corrected chi connectivity index (χ0v) is 23.8. The minimum absolute atomic E-state index is 0.564. The molecule has 0 amide bonds. The summed E-state index contributed by atoms with van der Waals surface area (Å²) in [4.78, 5) is 4.80. The predicted octanol–water partition coefficient (Wildman–Crippen LogP) is 10.7. The molecule has 202 valence electrons. The van der Waals surface area contributed by atoms with Crippen molar-refractivity contribution in [3.05, 3.63) is 173 Å². The number of halogens is 1. The fourth-order valence-corrected chi connectivity index (χ4v) is 7.54. The second kappa shape index (κ2) is 9.16. The SMILES string of the molecule is Clc1cccc2c1Oc1c(-c3cccc(-c4nccc5ccccc45)c3)cccc1C21c2ccccc2-c2ccccc21. The van der Waals surface area contributed by atoms with Crippen LogP contribution in [0, 0.1) is 0 Å². The number of benzene rings is 6. The number of aromatic nitrogens is 1. The lowest BCUT2D eigenvalue weighted by atomic mass is 9.65. The zero-order chi connectivity index (χ0) is 28.5. The van der Waals surface area contributed by atoms with Gasteiger partial charge in [0.25, 0.3) is 0 Å². The summed E-state index contributed by atoms with van der Waals surface area (Å²) in [7, 11) is 0. The number of hydrogen-bond donors (Lipinski definition) is 0. The molecular weight excluding hydrogens is 546 g/mol. The Kier molecular flexibility index (Phi) is 5.20. The monoisotopic (exact) mass is 569 g/mol. The van der Waals surface area contributed by atoms with Crippen LogP contribution in [0.1, 0.15) is 22.3 Å². The molecule has 0 saturated heterocycles. The average Bonchev–Trinajstić information content (AvgIpc) is 3.36. The van der Waals surface area contributed by atoms with E-state index in [1.54, 1.807) is 0 Å². The van der Waals surface area contributed by atoms with Gasteiger partial charge in [-0.2, -0.15) is 0 Å². The summed E-state index contributed by atoms with van der Waals surface area (Å²) in [5, 5.41) is 2.91. The Morgan fingerprint density at radius 1 is 0.512 bits per heavy atom. The third kappa shape index (κ3) is 3.33.